The van der Waals surface area contributed by atoms with Crippen molar-refractivity contribution in [3.63, 3.8) is 0 Å². The zero-order valence-electron chi connectivity index (χ0n) is 16.3. The molecule has 2 rings (SSSR count). The first-order valence-electron chi connectivity index (χ1n) is 9.15. The van der Waals surface area contributed by atoms with Crippen molar-refractivity contribution < 1.29 is 9.53 Å². The highest BCUT2D eigenvalue weighted by atomic mass is 16.6. The average Bonchev–Trinajstić information content (AvgIpc) is 2.91. The van der Waals surface area contributed by atoms with Crippen molar-refractivity contribution in [2.45, 2.75) is 84.8 Å². The Bertz CT molecular complexity index is 536. The molecule has 0 saturated carbocycles. The summed E-state index contributed by atoms with van der Waals surface area (Å²) >= 11 is 0. The van der Waals surface area contributed by atoms with Crippen LogP contribution in [0.25, 0.3) is 0 Å². The Hall–Kier alpha value is -1.52. The smallest absolute Gasteiger partial charge is 0.410 e. The highest BCUT2D eigenvalue weighted by molar-refractivity contribution is 5.68. The third-order valence-electron chi connectivity index (χ3n) is 4.45. The van der Waals surface area contributed by atoms with Gasteiger partial charge in [0.25, 0.3) is 0 Å². The van der Waals surface area contributed by atoms with E-state index in [1.54, 1.807) is 0 Å². The van der Waals surface area contributed by atoms with E-state index >= 15 is 0 Å². The van der Waals surface area contributed by atoms with Crippen LogP contribution in [0.4, 0.5) is 4.79 Å². The van der Waals surface area contributed by atoms with Crippen LogP contribution in [0.15, 0.2) is 6.20 Å². The fourth-order valence-corrected chi connectivity index (χ4v) is 3.14. The summed E-state index contributed by atoms with van der Waals surface area (Å²) in [6.45, 7) is 16.0. The number of likely N-dealkylation sites (tertiary alicyclic amines) is 1. The van der Waals surface area contributed by atoms with Crippen LogP contribution in [0, 0.1) is 0 Å². The predicted octanol–water partition coefficient (Wildman–Crippen LogP) is 4.70. The fourth-order valence-electron chi connectivity index (χ4n) is 3.14. The molecule has 5 nitrogen and oxygen atoms in total. The van der Waals surface area contributed by atoms with Crippen LogP contribution in [0.1, 0.15) is 90.4 Å². The third kappa shape index (κ3) is 4.52. The molecule has 2 heterocycles. The summed E-state index contributed by atoms with van der Waals surface area (Å²) in [5, 5.41) is 4.87. The third-order valence-corrected chi connectivity index (χ3v) is 4.45. The van der Waals surface area contributed by atoms with E-state index in [1.165, 1.54) is 11.3 Å². The van der Waals surface area contributed by atoms with E-state index in [9.17, 15) is 4.79 Å². The minimum Gasteiger partial charge on any atom is -0.444 e. The van der Waals surface area contributed by atoms with Gasteiger partial charge in [0.1, 0.15) is 5.60 Å². The van der Waals surface area contributed by atoms with Crippen LogP contribution in [0.2, 0.25) is 0 Å². The summed E-state index contributed by atoms with van der Waals surface area (Å²) in [4.78, 5) is 14.0. The van der Waals surface area contributed by atoms with Gasteiger partial charge in [0.2, 0.25) is 0 Å². The Kier molecular flexibility index (Phi) is 5.61. The van der Waals surface area contributed by atoms with E-state index in [4.69, 9.17) is 9.84 Å². The number of hydrogen-bond acceptors (Lipinski definition) is 3. The lowest BCUT2D eigenvalue weighted by Gasteiger charge is -2.33. The van der Waals surface area contributed by atoms with E-state index in [-0.39, 0.29) is 6.09 Å². The van der Waals surface area contributed by atoms with Gasteiger partial charge in [0.15, 0.2) is 0 Å². The number of carbonyl (C=O) groups is 1. The second-order valence-corrected chi connectivity index (χ2v) is 8.46. The van der Waals surface area contributed by atoms with Crippen molar-refractivity contribution >= 4 is 6.09 Å². The van der Waals surface area contributed by atoms with Crippen LogP contribution in [-0.4, -0.2) is 39.5 Å². The van der Waals surface area contributed by atoms with E-state index < -0.39 is 5.60 Å². The molecule has 0 bridgehead atoms. The Labute approximate surface area is 146 Å². The molecule has 0 atom stereocenters. The Morgan fingerprint density at radius 2 is 1.75 bits per heavy atom. The van der Waals surface area contributed by atoms with Crippen LogP contribution >= 0.6 is 0 Å². The molecule has 1 aliphatic heterocycles. The zero-order chi connectivity index (χ0) is 18.1. The van der Waals surface area contributed by atoms with Gasteiger partial charge in [0, 0.05) is 19.3 Å². The molecule has 1 aromatic rings. The molecule has 0 N–H and O–H groups in total. The SMILES string of the molecule is CC(C)c1cn(C2CCN(C(=O)OC(C)(C)C)CC2)nc1C(C)C. The monoisotopic (exact) mass is 335 g/mol. The molecule has 24 heavy (non-hydrogen) atoms. The second-order valence-electron chi connectivity index (χ2n) is 8.46. The van der Waals surface area contributed by atoms with Crippen molar-refractivity contribution in [2.75, 3.05) is 13.1 Å². The molecule has 1 aromatic heterocycles. The van der Waals surface area contributed by atoms with Crippen molar-refractivity contribution in [2.24, 2.45) is 0 Å². The maximum Gasteiger partial charge on any atom is 0.410 e. The van der Waals surface area contributed by atoms with Gasteiger partial charge in [-0.05, 0) is 51.0 Å². The van der Waals surface area contributed by atoms with E-state index in [0.717, 1.165) is 25.9 Å². The number of carbonyl (C=O) groups excluding carboxylic acids is 1. The molecule has 1 fully saturated rings. The van der Waals surface area contributed by atoms with Gasteiger partial charge < -0.3 is 9.64 Å². The molecular weight excluding hydrogens is 302 g/mol. The Balaban J connectivity index is 2.02. The number of amides is 1. The summed E-state index contributed by atoms with van der Waals surface area (Å²) < 4.78 is 7.60. The maximum atomic E-state index is 12.2. The molecular formula is C19H33N3O2. The summed E-state index contributed by atoms with van der Waals surface area (Å²) in [6, 6.07) is 0.369. The number of hydrogen-bond donors (Lipinski definition) is 0. The zero-order valence-corrected chi connectivity index (χ0v) is 16.3. The van der Waals surface area contributed by atoms with Crippen LogP contribution < -0.4 is 0 Å². The number of nitrogens with zero attached hydrogens (tertiary/aromatic N) is 3. The minimum atomic E-state index is -0.436. The number of ether oxygens (including phenoxy) is 1. The quantitative estimate of drug-likeness (QED) is 0.804. The maximum absolute atomic E-state index is 12.2. The van der Waals surface area contributed by atoms with Gasteiger partial charge >= 0.3 is 6.09 Å². The second kappa shape index (κ2) is 7.16. The summed E-state index contributed by atoms with van der Waals surface area (Å²) in [5.41, 5.74) is 2.12. The molecule has 0 unspecified atom stereocenters. The van der Waals surface area contributed by atoms with E-state index in [2.05, 4.69) is 38.6 Å². The van der Waals surface area contributed by atoms with Crippen molar-refractivity contribution in [1.82, 2.24) is 14.7 Å². The normalized spacial score (nSPS) is 17.0. The van der Waals surface area contributed by atoms with Crippen molar-refractivity contribution in [1.29, 1.82) is 0 Å². The minimum absolute atomic E-state index is 0.202. The van der Waals surface area contributed by atoms with Crippen molar-refractivity contribution in [3.05, 3.63) is 17.5 Å². The van der Waals surface area contributed by atoms with Crippen LogP contribution in [0.5, 0.6) is 0 Å². The molecule has 1 aliphatic rings. The standard InChI is InChI=1S/C19H33N3O2/c1-13(2)16-12-22(20-17(16)14(3)4)15-8-10-21(11-9-15)18(23)24-19(5,6)7/h12-15H,8-11H2,1-7H3. The number of aromatic nitrogens is 2. The molecule has 0 radical (unpaired) electrons. The van der Waals surface area contributed by atoms with Gasteiger partial charge in [-0.25, -0.2) is 4.79 Å². The van der Waals surface area contributed by atoms with Gasteiger partial charge in [-0.15, -0.1) is 0 Å². The lowest BCUT2D eigenvalue weighted by atomic mass is 9.98. The number of piperidine rings is 1. The molecule has 0 spiro atoms. The van der Waals surface area contributed by atoms with E-state index in [0.29, 0.717) is 17.9 Å². The van der Waals surface area contributed by atoms with E-state index in [1.807, 2.05) is 25.7 Å². The molecule has 1 saturated heterocycles. The first-order valence-corrected chi connectivity index (χ1v) is 9.15. The first kappa shape index (κ1) is 18.8. The summed E-state index contributed by atoms with van der Waals surface area (Å²) in [5.74, 6) is 0.920. The lowest BCUT2D eigenvalue weighted by Crippen LogP contribution is -2.42. The molecule has 5 heteroatoms. The average molecular weight is 335 g/mol. The predicted molar refractivity (Wildman–Crippen MR) is 96.5 cm³/mol. The highest BCUT2D eigenvalue weighted by Crippen LogP contribution is 2.29. The molecule has 136 valence electrons. The molecule has 0 aliphatic carbocycles. The highest BCUT2D eigenvalue weighted by Gasteiger charge is 2.28. The Morgan fingerprint density at radius 1 is 1.17 bits per heavy atom. The Morgan fingerprint density at radius 3 is 2.17 bits per heavy atom. The van der Waals surface area contributed by atoms with Gasteiger partial charge in [-0.3, -0.25) is 4.68 Å². The van der Waals surface area contributed by atoms with Gasteiger partial charge in [0.05, 0.1) is 11.7 Å². The fraction of sp³-hybridized carbons (Fsp3) is 0.789. The topological polar surface area (TPSA) is 47.4 Å². The van der Waals surface area contributed by atoms with Gasteiger partial charge in [-0.2, -0.15) is 5.10 Å². The van der Waals surface area contributed by atoms with Crippen LogP contribution in [0.3, 0.4) is 0 Å². The molecule has 0 aromatic carbocycles. The first-order chi connectivity index (χ1) is 11.1. The number of rotatable bonds is 3. The molecule has 1 amide bonds. The van der Waals surface area contributed by atoms with Gasteiger partial charge in [-0.1, -0.05) is 27.7 Å². The lowest BCUT2D eigenvalue weighted by molar-refractivity contribution is 0.0184. The largest absolute Gasteiger partial charge is 0.444 e. The summed E-state index contributed by atoms with van der Waals surface area (Å²) in [7, 11) is 0. The van der Waals surface area contributed by atoms with Crippen LogP contribution in [-0.2, 0) is 4.74 Å². The summed E-state index contributed by atoms with van der Waals surface area (Å²) in [6.07, 6.45) is 3.87. The van der Waals surface area contributed by atoms with Crippen molar-refractivity contribution in [3.8, 4) is 0 Å².